The summed E-state index contributed by atoms with van der Waals surface area (Å²) in [6, 6.07) is -0.509. The number of ether oxygens (including phenoxy) is 1. The van der Waals surface area contributed by atoms with Gasteiger partial charge in [0, 0.05) is 6.54 Å². The van der Waals surface area contributed by atoms with Crippen LogP contribution in [0.4, 0.5) is 5.82 Å². The van der Waals surface area contributed by atoms with E-state index in [-0.39, 0.29) is 0 Å². The Bertz CT molecular complexity index is 411. The molecule has 2 rings (SSSR count). The van der Waals surface area contributed by atoms with Gasteiger partial charge in [-0.05, 0) is 19.3 Å². The third-order valence-corrected chi connectivity index (χ3v) is 2.89. The number of anilines is 1. The number of piperidine rings is 1. The second kappa shape index (κ2) is 4.99. The van der Waals surface area contributed by atoms with Crippen LogP contribution in [0.3, 0.4) is 0 Å². The van der Waals surface area contributed by atoms with E-state index in [1.807, 2.05) is 0 Å². The number of nitrogens with zero attached hydrogens (tertiary/aromatic N) is 3. The molecular formula is C11H15N3O3. The van der Waals surface area contributed by atoms with Gasteiger partial charge in [-0.3, -0.25) is 4.98 Å². The zero-order valence-corrected chi connectivity index (χ0v) is 9.67. The van der Waals surface area contributed by atoms with Crippen LogP contribution in [0.2, 0.25) is 0 Å². The molecule has 1 atom stereocenters. The lowest BCUT2D eigenvalue weighted by atomic mass is 10.0. The number of rotatable bonds is 3. The van der Waals surface area contributed by atoms with Gasteiger partial charge in [0.25, 0.3) is 0 Å². The van der Waals surface area contributed by atoms with Crippen LogP contribution in [-0.2, 0) is 4.79 Å². The molecule has 1 aliphatic rings. The molecule has 1 N–H and O–H groups in total. The average Bonchev–Trinajstić information content (AvgIpc) is 2.39. The lowest BCUT2D eigenvalue weighted by Gasteiger charge is -2.33. The molecule has 0 amide bonds. The Morgan fingerprint density at radius 2 is 2.35 bits per heavy atom. The summed E-state index contributed by atoms with van der Waals surface area (Å²) < 4.78 is 4.99. The Morgan fingerprint density at radius 3 is 3.06 bits per heavy atom. The third-order valence-electron chi connectivity index (χ3n) is 2.89. The fourth-order valence-corrected chi connectivity index (χ4v) is 2.04. The molecule has 0 radical (unpaired) electrons. The molecule has 1 aromatic rings. The number of hydrogen-bond donors (Lipinski definition) is 1. The second-order valence-electron chi connectivity index (χ2n) is 3.96. The van der Waals surface area contributed by atoms with Gasteiger partial charge >= 0.3 is 5.97 Å². The van der Waals surface area contributed by atoms with Gasteiger partial charge in [-0.2, -0.15) is 4.98 Å². The topological polar surface area (TPSA) is 75.5 Å². The van der Waals surface area contributed by atoms with Gasteiger partial charge in [-0.25, -0.2) is 4.79 Å². The van der Waals surface area contributed by atoms with Gasteiger partial charge < -0.3 is 14.7 Å². The number of methoxy groups -OCH3 is 1. The lowest BCUT2D eigenvalue weighted by Crippen LogP contribution is -2.45. The van der Waals surface area contributed by atoms with Crippen LogP contribution < -0.4 is 9.64 Å². The highest BCUT2D eigenvalue weighted by molar-refractivity contribution is 5.77. The summed E-state index contributed by atoms with van der Waals surface area (Å²) in [5.74, 6) is 0.156. The highest BCUT2D eigenvalue weighted by Gasteiger charge is 2.29. The molecule has 1 unspecified atom stereocenters. The Morgan fingerprint density at radius 1 is 1.53 bits per heavy atom. The second-order valence-corrected chi connectivity index (χ2v) is 3.96. The predicted molar refractivity (Wildman–Crippen MR) is 61.2 cm³/mol. The van der Waals surface area contributed by atoms with Crippen LogP contribution in [0.15, 0.2) is 12.4 Å². The third kappa shape index (κ3) is 2.46. The van der Waals surface area contributed by atoms with Crippen molar-refractivity contribution in [3.63, 3.8) is 0 Å². The molecular weight excluding hydrogens is 222 g/mol. The maximum atomic E-state index is 11.2. The van der Waals surface area contributed by atoms with Crippen LogP contribution in [0.25, 0.3) is 0 Å². The van der Waals surface area contributed by atoms with E-state index in [1.165, 1.54) is 13.3 Å². The lowest BCUT2D eigenvalue weighted by molar-refractivity contribution is -0.139. The molecule has 0 spiro atoms. The highest BCUT2D eigenvalue weighted by atomic mass is 16.5. The van der Waals surface area contributed by atoms with Gasteiger partial charge in [0.05, 0.1) is 19.5 Å². The van der Waals surface area contributed by atoms with Gasteiger partial charge in [0.2, 0.25) is 5.88 Å². The molecule has 1 fully saturated rings. The van der Waals surface area contributed by atoms with E-state index in [2.05, 4.69) is 9.97 Å². The van der Waals surface area contributed by atoms with Crippen molar-refractivity contribution in [1.29, 1.82) is 0 Å². The summed E-state index contributed by atoms with van der Waals surface area (Å²) in [6.07, 6.45) is 5.63. The molecule has 6 heteroatoms. The molecule has 1 aromatic heterocycles. The van der Waals surface area contributed by atoms with Crippen molar-refractivity contribution in [2.75, 3.05) is 18.6 Å². The van der Waals surface area contributed by atoms with E-state index < -0.39 is 12.0 Å². The summed E-state index contributed by atoms with van der Waals surface area (Å²) in [6.45, 7) is 0.693. The first-order valence-electron chi connectivity index (χ1n) is 5.58. The van der Waals surface area contributed by atoms with Crippen molar-refractivity contribution >= 4 is 11.8 Å². The zero-order valence-electron chi connectivity index (χ0n) is 9.67. The minimum Gasteiger partial charge on any atom is -0.480 e. The number of aliphatic carboxylic acids is 1. The van der Waals surface area contributed by atoms with Crippen molar-refractivity contribution in [1.82, 2.24) is 9.97 Å². The molecule has 0 bridgehead atoms. The van der Waals surface area contributed by atoms with E-state index >= 15 is 0 Å². The van der Waals surface area contributed by atoms with Crippen LogP contribution >= 0.6 is 0 Å². The van der Waals surface area contributed by atoms with Gasteiger partial charge in [-0.1, -0.05) is 0 Å². The van der Waals surface area contributed by atoms with Crippen molar-refractivity contribution in [2.45, 2.75) is 25.3 Å². The molecule has 6 nitrogen and oxygen atoms in total. The zero-order chi connectivity index (χ0) is 12.3. The molecule has 0 saturated carbocycles. The maximum absolute atomic E-state index is 11.2. The minimum atomic E-state index is -0.811. The Kier molecular flexibility index (Phi) is 3.41. The van der Waals surface area contributed by atoms with Crippen molar-refractivity contribution in [3.05, 3.63) is 12.4 Å². The largest absolute Gasteiger partial charge is 0.480 e. The van der Waals surface area contributed by atoms with E-state index in [9.17, 15) is 9.90 Å². The van der Waals surface area contributed by atoms with E-state index in [0.717, 1.165) is 12.8 Å². The SMILES string of the molecule is COc1cncc(N2CCCCC2C(=O)O)n1. The number of carbonyl (C=O) groups is 1. The fourth-order valence-electron chi connectivity index (χ4n) is 2.04. The smallest absolute Gasteiger partial charge is 0.326 e. The Labute approximate surface area is 99.2 Å². The number of aromatic nitrogens is 2. The molecule has 2 heterocycles. The Balaban J connectivity index is 2.26. The molecule has 0 aromatic carbocycles. The van der Waals surface area contributed by atoms with E-state index in [0.29, 0.717) is 24.7 Å². The fraction of sp³-hybridized carbons (Fsp3) is 0.545. The molecule has 0 aliphatic carbocycles. The number of carboxylic acid groups (broad SMARTS) is 1. The highest BCUT2D eigenvalue weighted by Crippen LogP contribution is 2.23. The summed E-state index contributed by atoms with van der Waals surface area (Å²) in [4.78, 5) is 21.2. The number of carboxylic acids is 1. The van der Waals surface area contributed by atoms with Crippen molar-refractivity contribution < 1.29 is 14.6 Å². The molecule has 92 valence electrons. The van der Waals surface area contributed by atoms with Crippen molar-refractivity contribution in [3.8, 4) is 5.88 Å². The van der Waals surface area contributed by atoms with Crippen LogP contribution in [0.1, 0.15) is 19.3 Å². The van der Waals surface area contributed by atoms with E-state index in [4.69, 9.17) is 4.74 Å². The summed E-state index contributed by atoms with van der Waals surface area (Å²) in [7, 11) is 1.51. The van der Waals surface area contributed by atoms with E-state index in [1.54, 1.807) is 11.1 Å². The standard InChI is InChI=1S/C11H15N3O3/c1-17-10-7-12-6-9(13-10)14-5-3-2-4-8(14)11(15)16/h6-8H,2-5H2,1H3,(H,15,16). The van der Waals surface area contributed by atoms with Crippen LogP contribution in [0, 0.1) is 0 Å². The number of hydrogen-bond acceptors (Lipinski definition) is 5. The van der Waals surface area contributed by atoms with Crippen LogP contribution in [0.5, 0.6) is 5.88 Å². The summed E-state index contributed by atoms with van der Waals surface area (Å²) >= 11 is 0. The van der Waals surface area contributed by atoms with Gasteiger partial charge in [0.1, 0.15) is 6.04 Å². The van der Waals surface area contributed by atoms with Crippen molar-refractivity contribution in [2.24, 2.45) is 0 Å². The average molecular weight is 237 g/mol. The normalized spacial score (nSPS) is 20.1. The summed E-state index contributed by atoms with van der Waals surface area (Å²) in [5, 5.41) is 9.18. The quantitative estimate of drug-likeness (QED) is 0.842. The maximum Gasteiger partial charge on any atom is 0.326 e. The molecule has 1 aliphatic heterocycles. The predicted octanol–water partition coefficient (Wildman–Crippen LogP) is 0.929. The first-order chi connectivity index (χ1) is 8.22. The van der Waals surface area contributed by atoms with Gasteiger partial charge in [-0.15, -0.1) is 0 Å². The van der Waals surface area contributed by atoms with Crippen LogP contribution in [-0.4, -0.2) is 40.7 Å². The Hall–Kier alpha value is -1.85. The summed E-state index contributed by atoms with van der Waals surface area (Å²) in [5.41, 5.74) is 0. The molecule has 17 heavy (non-hydrogen) atoms. The first kappa shape index (κ1) is 11.6. The van der Waals surface area contributed by atoms with Gasteiger partial charge in [0.15, 0.2) is 5.82 Å². The minimum absolute atomic E-state index is 0.400. The molecule has 1 saturated heterocycles. The first-order valence-corrected chi connectivity index (χ1v) is 5.58. The monoisotopic (exact) mass is 237 g/mol.